The van der Waals surface area contributed by atoms with Crippen molar-refractivity contribution in [2.75, 3.05) is 0 Å². The molecule has 1 N–H and O–H groups in total. The Bertz CT molecular complexity index is 1420. The van der Waals surface area contributed by atoms with Gasteiger partial charge in [0.25, 0.3) is 5.91 Å². The van der Waals surface area contributed by atoms with Gasteiger partial charge in [0.2, 0.25) is 0 Å². The summed E-state index contributed by atoms with van der Waals surface area (Å²) in [5, 5.41) is 5.71. The van der Waals surface area contributed by atoms with Crippen LogP contribution in [0.1, 0.15) is 15.9 Å². The zero-order valence-corrected chi connectivity index (χ0v) is 19.6. The number of carbonyl (C=O) groups excluding carboxylic acids is 1. The number of benzene rings is 4. The number of halogens is 1. The van der Waals surface area contributed by atoms with Crippen LogP contribution < -0.4 is 9.61 Å². The number of nitrogens with one attached hydrogen (secondary N) is 1. The predicted molar refractivity (Wildman–Crippen MR) is 132 cm³/mol. The molecule has 0 saturated carbocycles. The fourth-order valence-electron chi connectivity index (χ4n) is 2.97. The van der Waals surface area contributed by atoms with Gasteiger partial charge in [-0.2, -0.15) is 13.5 Å². The normalized spacial score (nSPS) is 11.5. The van der Waals surface area contributed by atoms with Crippen molar-refractivity contribution >= 4 is 55.6 Å². The molecule has 6 nitrogen and oxygen atoms in total. The van der Waals surface area contributed by atoms with Crippen LogP contribution in [0.5, 0.6) is 5.75 Å². The Morgan fingerprint density at radius 3 is 2.38 bits per heavy atom. The molecular weight excluding hydrogens is 539 g/mol. The van der Waals surface area contributed by atoms with Crippen LogP contribution >= 0.6 is 22.6 Å². The van der Waals surface area contributed by atoms with Gasteiger partial charge >= 0.3 is 10.1 Å². The Morgan fingerprint density at radius 2 is 1.62 bits per heavy atom. The molecule has 1 amide bonds. The number of hydrogen-bond acceptors (Lipinski definition) is 5. The Labute approximate surface area is 199 Å². The molecule has 0 aromatic heterocycles. The van der Waals surface area contributed by atoms with E-state index < -0.39 is 10.1 Å². The zero-order chi connectivity index (χ0) is 22.6. The van der Waals surface area contributed by atoms with Crippen molar-refractivity contribution in [3.63, 3.8) is 0 Å². The van der Waals surface area contributed by atoms with Crippen LogP contribution in [-0.2, 0) is 10.1 Å². The number of rotatable bonds is 6. The molecule has 4 rings (SSSR count). The van der Waals surface area contributed by atoms with E-state index in [-0.39, 0.29) is 16.6 Å². The molecule has 4 aromatic rings. The number of carbonyl (C=O) groups is 1. The lowest BCUT2D eigenvalue weighted by Gasteiger charge is -2.08. The summed E-state index contributed by atoms with van der Waals surface area (Å²) in [6.45, 7) is 0. The highest BCUT2D eigenvalue weighted by Gasteiger charge is 2.17. The molecule has 4 aromatic carbocycles. The molecule has 0 aliphatic heterocycles. The smallest absolute Gasteiger partial charge is 0.339 e. The molecule has 0 aliphatic carbocycles. The van der Waals surface area contributed by atoms with Gasteiger partial charge in [0, 0.05) is 9.13 Å². The number of hydrazone groups is 1. The van der Waals surface area contributed by atoms with Gasteiger partial charge in [-0.05, 0) is 93.5 Å². The number of nitrogens with zero attached hydrogens (tertiary/aromatic N) is 1. The van der Waals surface area contributed by atoms with Gasteiger partial charge in [-0.3, -0.25) is 4.79 Å². The first-order valence-corrected chi connectivity index (χ1v) is 12.0. The topological polar surface area (TPSA) is 84.8 Å². The van der Waals surface area contributed by atoms with Gasteiger partial charge in [-0.15, -0.1) is 0 Å². The average molecular weight is 556 g/mol. The minimum absolute atomic E-state index is 0.0834. The van der Waals surface area contributed by atoms with Crippen LogP contribution in [0, 0.1) is 3.57 Å². The second kappa shape index (κ2) is 9.49. The van der Waals surface area contributed by atoms with E-state index >= 15 is 0 Å². The molecule has 0 aliphatic rings. The summed E-state index contributed by atoms with van der Waals surface area (Å²) < 4.78 is 31.5. The first-order chi connectivity index (χ1) is 15.4. The quantitative estimate of drug-likeness (QED) is 0.157. The summed E-state index contributed by atoms with van der Waals surface area (Å²) in [7, 11) is -3.97. The van der Waals surface area contributed by atoms with Gasteiger partial charge < -0.3 is 4.18 Å². The van der Waals surface area contributed by atoms with E-state index in [1.54, 1.807) is 42.5 Å². The highest BCUT2D eigenvalue weighted by Crippen LogP contribution is 2.23. The maximum Gasteiger partial charge on any atom is 0.339 e. The van der Waals surface area contributed by atoms with Crippen LogP contribution in [0.4, 0.5) is 0 Å². The first kappa shape index (κ1) is 22.0. The monoisotopic (exact) mass is 556 g/mol. The first-order valence-electron chi connectivity index (χ1n) is 9.53. The van der Waals surface area contributed by atoms with Crippen molar-refractivity contribution in [1.29, 1.82) is 0 Å². The summed E-state index contributed by atoms with van der Waals surface area (Å²) in [4.78, 5) is 12.2. The molecule has 32 heavy (non-hydrogen) atoms. The fourth-order valence-corrected chi connectivity index (χ4v) is 4.48. The van der Waals surface area contributed by atoms with E-state index in [1.165, 1.54) is 24.4 Å². The number of fused-ring (bicyclic) bond motifs is 1. The lowest BCUT2D eigenvalue weighted by Crippen LogP contribution is -2.17. The van der Waals surface area contributed by atoms with Crippen LogP contribution in [0.3, 0.4) is 0 Å². The van der Waals surface area contributed by atoms with Crippen LogP contribution in [-0.4, -0.2) is 20.5 Å². The van der Waals surface area contributed by atoms with E-state index in [0.717, 1.165) is 14.3 Å². The van der Waals surface area contributed by atoms with E-state index in [4.69, 9.17) is 4.18 Å². The van der Waals surface area contributed by atoms with E-state index in [1.807, 2.05) is 30.3 Å². The molecule has 8 heteroatoms. The van der Waals surface area contributed by atoms with Crippen molar-refractivity contribution in [2.24, 2.45) is 5.10 Å². The minimum atomic E-state index is -3.97. The second-order valence-corrected chi connectivity index (χ2v) is 9.62. The van der Waals surface area contributed by atoms with Crippen molar-refractivity contribution in [3.05, 3.63) is 106 Å². The highest BCUT2D eigenvalue weighted by atomic mass is 127. The van der Waals surface area contributed by atoms with Crippen molar-refractivity contribution in [1.82, 2.24) is 5.43 Å². The summed E-state index contributed by atoms with van der Waals surface area (Å²) >= 11 is 2.13. The van der Waals surface area contributed by atoms with E-state index in [0.29, 0.717) is 11.1 Å². The van der Waals surface area contributed by atoms with Gasteiger partial charge in [0.05, 0.1) is 6.21 Å². The molecular formula is C24H17IN2O4S. The zero-order valence-electron chi connectivity index (χ0n) is 16.6. The number of hydrogen-bond donors (Lipinski definition) is 1. The standard InChI is InChI=1S/C24H17IN2O4S/c25-21-7-3-6-20(14-21)24(28)27-26-16-17-8-11-22(12-9-17)31-32(29,30)23-13-10-18-4-1-2-5-19(18)15-23/h1-16H,(H,27,28)/b26-16-. The fraction of sp³-hybridized carbons (Fsp3) is 0. The molecule has 0 saturated heterocycles. The highest BCUT2D eigenvalue weighted by molar-refractivity contribution is 14.1. The lowest BCUT2D eigenvalue weighted by atomic mass is 10.1. The Kier molecular flexibility index (Phi) is 6.52. The maximum atomic E-state index is 12.6. The third kappa shape index (κ3) is 5.32. The van der Waals surface area contributed by atoms with Crippen molar-refractivity contribution < 1.29 is 17.4 Å². The largest absolute Gasteiger partial charge is 0.379 e. The van der Waals surface area contributed by atoms with Crippen LogP contribution in [0.2, 0.25) is 0 Å². The third-order valence-electron chi connectivity index (χ3n) is 4.56. The average Bonchev–Trinajstić information content (AvgIpc) is 2.79. The molecule has 0 fully saturated rings. The summed E-state index contributed by atoms with van der Waals surface area (Å²) in [5.74, 6) is -0.139. The Balaban J connectivity index is 1.41. The van der Waals surface area contributed by atoms with Crippen LogP contribution in [0.15, 0.2) is 101 Å². The van der Waals surface area contributed by atoms with Gasteiger partial charge in [0.1, 0.15) is 10.6 Å². The van der Waals surface area contributed by atoms with Gasteiger partial charge in [0.15, 0.2) is 0 Å². The van der Waals surface area contributed by atoms with Gasteiger partial charge in [-0.25, -0.2) is 5.43 Å². The van der Waals surface area contributed by atoms with E-state index in [2.05, 4.69) is 33.1 Å². The molecule has 0 bridgehead atoms. The Hall–Kier alpha value is -3.24. The summed E-state index contributed by atoms with van der Waals surface area (Å²) in [6.07, 6.45) is 1.47. The summed E-state index contributed by atoms with van der Waals surface area (Å²) in [5.41, 5.74) is 3.64. The maximum absolute atomic E-state index is 12.6. The summed E-state index contributed by atoms with van der Waals surface area (Å²) in [6, 6.07) is 25.9. The van der Waals surface area contributed by atoms with E-state index in [9.17, 15) is 13.2 Å². The Morgan fingerprint density at radius 1 is 0.875 bits per heavy atom. The minimum Gasteiger partial charge on any atom is -0.379 e. The molecule has 0 heterocycles. The molecule has 0 radical (unpaired) electrons. The van der Waals surface area contributed by atoms with Gasteiger partial charge in [-0.1, -0.05) is 36.4 Å². The SMILES string of the molecule is O=C(N/N=C\c1ccc(OS(=O)(=O)c2ccc3ccccc3c2)cc1)c1cccc(I)c1. The molecule has 0 atom stereocenters. The predicted octanol–water partition coefficient (Wildman–Crippen LogP) is 4.98. The second-order valence-electron chi connectivity index (χ2n) is 6.82. The lowest BCUT2D eigenvalue weighted by molar-refractivity contribution is 0.0955. The van der Waals surface area contributed by atoms with Crippen molar-refractivity contribution in [3.8, 4) is 5.75 Å². The molecule has 0 unspecified atom stereocenters. The third-order valence-corrected chi connectivity index (χ3v) is 6.48. The number of amides is 1. The molecule has 160 valence electrons. The van der Waals surface area contributed by atoms with Crippen LogP contribution in [0.25, 0.3) is 10.8 Å². The van der Waals surface area contributed by atoms with Crippen molar-refractivity contribution in [2.45, 2.75) is 4.90 Å². The molecule has 0 spiro atoms.